The average Bonchev–Trinajstić information content (AvgIpc) is 2.35. The minimum atomic E-state index is 0.500. The van der Waals surface area contributed by atoms with E-state index in [0.29, 0.717) is 16.6 Å². The van der Waals surface area contributed by atoms with Crippen LogP contribution in [0.15, 0.2) is 36.4 Å². The summed E-state index contributed by atoms with van der Waals surface area (Å²) < 4.78 is 0. The van der Waals surface area contributed by atoms with Gasteiger partial charge in [-0.2, -0.15) is 0 Å². The number of benzene rings is 2. The Kier molecular flexibility index (Phi) is 4.01. The maximum Gasteiger partial charge on any atom is 0.0870 e. The lowest BCUT2D eigenvalue weighted by atomic mass is 10.0. The van der Waals surface area contributed by atoms with E-state index in [1.54, 1.807) is 0 Å². The van der Waals surface area contributed by atoms with Gasteiger partial charge in [0.15, 0.2) is 0 Å². The molecule has 3 N–H and O–H groups in total. The standard InChI is InChI=1S/C16H19ClN2/c1-10(2)12-5-4-6-13(9-12)19-15-8-11(3)7-14(18)16(15)17/h4-10,19H,18H2,1-3H3. The molecule has 0 saturated carbocycles. The van der Waals surface area contributed by atoms with Gasteiger partial charge >= 0.3 is 0 Å². The van der Waals surface area contributed by atoms with Crippen LogP contribution in [0, 0.1) is 6.92 Å². The number of nitrogen functional groups attached to an aromatic ring is 1. The lowest BCUT2D eigenvalue weighted by molar-refractivity contribution is 0.867. The molecule has 0 aromatic heterocycles. The predicted octanol–water partition coefficient (Wildman–Crippen LogP) is 5.10. The molecule has 0 bridgehead atoms. The topological polar surface area (TPSA) is 38.0 Å². The molecule has 0 saturated heterocycles. The van der Waals surface area contributed by atoms with Crippen LogP contribution in [0.3, 0.4) is 0 Å². The second kappa shape index (κ2) is 5.54. The van der Waals surface area contributed by atoms with Crippen molar-refractivity contribution in [3.05, 3.63) is 52.5 Å². The minimum Gasteiger partial charge on any atom is -0.397 e. The van der Waals surface area contributed by atoms with Gasteiger partial charge in [0.1, 0.15) is 0 Å². The minimum absolute atomic E-state index is 0.500. The van der Waals surface area contributed by atoms with Crippen LogP contribution in [-0.2, 0) is 0 Å². The van der Waals surface area contributed by atoms with Crippen molar-refractivity contribution < 1.29 is 0 Å². The number of hydrogen-bond acceptors (Lipinski definition) is 2. The molecular weight excluding hydrogens is 256 g/mol. The lowest BCUT2D eigenvalue weighted by Gasteiger charge is -2.13. The van der Waals surface area contributed by atoms with Crippen molar-refractivity contribution in [1.29, 1.82) is 0 Å². The lowest BCUT2D eigenvalue weighted by Crippen LogP contribution is -1.97. The van der Waals surface area contributed by atoms with Crippen molar-refractivity contribution in [2.75, 3.05) is 11.1 Å². The van der Waals surface area contributed by atoms with E-state index in [4.69, 9.17) is 17.3 Å². The largest absolute Gasteiger partial charge is 0.397 e. The number of nitrogens with two attached hydrogens (primary N) is 1. The Morgan fingerprint density at radius 3 is 2.58 bits per heavy atom. The highest BCUT2D eigenvalue weighted by Crippen LogP contribution is 2.32. The van der Waals surface area contributed by atoms with Crippen molar-refractivity contribution in [3.63, 3.8) is 0 Å². The summed E-state index contributed by atoms with van der Waals surface area (Å²) in [7, 11) is 0. The SMILES string of the molecule is Cc1cc(N)c(Cl)c(Nc2cccc(C(C)C)c2)c1. The number of rotatable bonds is 3. The molecular formula is C16H19ClN2. The molecule has 19 heavy (non-hydrogen) atoms. The molecule has 0 aliphatic heterocycles. The van der Waals surface area contributed by atoms with E-state index in [0.717, 1.165) is 16.9 Å². The summed E-state index contributed by atoms with van der Waals surface area (Å²) in [4.78, 5) is 0. The summed E-state index contributed by atoms with van der Waals surface area (Å²) in [6.45, 7) is 6.36. The summed E-state index contributed by atoms with van der Waals surface area (Å²) in [6, 6.07) is 12.2. The van der Waals surface area contributed by atoms with Gasteiger partial charge in [0.25, 0.3) is 0 Å². The van der Waals surface area contributed by atoms with Crippen molar-refractivity contribution in [3.8, 4) is 0 Å². The van der Waals surface area contributed by atoms with Crippen molar-refractivity contribution in [2.24, 2.45) is 0 Å². The van der Waals surface area contributed by atoms with Gasteiger partial charge < -0.3 is 11.1 Å². The molecule has 0 radical (unpaired) electrons. The Morgan fingerprint density at radius 2 is 1.89 bits per heavy atom. The van der Waals surface area contributed by atoms with E-state index in [1.807, 2.05) is 31.2 Å². The highest BCUT2D eigenvalue weighted by atomic mass is 35.5. The molecule has 0 aliphatic rings. The number of halogens is 1. The van der Waals surface area contributed by atoms with E-state index >= 15 is 0 Å². The van der Waals surface area contributed by atoms with Crippen LogP contribution >= 0.6 is 11.6 Å². The van der Waals surface area contributed by atoms with Crippen molar-refractivity contribution in [2.45, 2.75) is 26.7 Å². The summed E-state index contributed by atoms with van der Waals surface area (Å²) in [5.74, 6) is 0.500. The zero-order chi connectivity index (χ0) is 14.0. The molecule has 2 rings (SSSR count). The van der Waals surface area contributed by atoms with Crippen LogP contribution in [0.4, 0.5) is 17.1 Å². The third-order valence-electron chi connectivity index (χ3n) is 3.08. The maximum atomic E-state index is 6.23. The third-order valence-corrected chi connectivity index (χ3v) is 3.50. The van der Waals surface area contributed by atoms with Gasteiger partial charge in [-0.15, -0.1) is 0 Å². The molecule has 0 heterocycles. The van der Waals surface area contributed by atoms with Crippen LogP contribution in [0.5, 0.6) is 0 Å². The zero-order valence-corrected chi connectivity index (χ0v) is 12.3. The summed E-state index contributed by atoms with van der Waals surface area (Å²) in [6.07, 6.45) is 0. The van der Waals surface area contributed by atoms with Gasteiger partial charge in [0, 0.05) is 5.69 Å². The first-order valence-corrected chi connectivity index (χ1v) is 6.78. The fourth-order valence-electron chi connectivity index (χ4n) is 2.02. The second-order valence-electron chi connectivity index (χ2n) is 5.12. The van der Waals surface area contributed by atoms with Gasteiger partial charge in [-0.25, -0.2) is 0 Å². The molecule has 0 amide bonds. The van der Waals surface area contributed by atoms with Crippen LogP contribution in [0.2, 0.25) is 5.02 Å². The molecule has 0 fully saturated rings. The number of aryl methyl sites for hydroxylation is 1. The first kappa shape index (κ1) is 13.8. The van der Waals surface area contributed by atoms with E-state index in [9.17, 15) is 0 Å². The molecule has 2 aromatic rings. The predicted molar refractivity (Wildman–Crippen MR) is 84.4 cm³/mol. The van der Waals surface area contributed by atoms with Crippen molar-refractivity contribution >= 4 is 28.7 Å². The maximum absolute atomic E-state index is 6.23. The Hall–Kier alpha value is -1.67. The molecule has 3 heteroatoms. The average molecular weight is 275 g/mol. The summed E-state index contributed by atoms with van der Waals surface area (Å²) in [5.41, 5.74) is 10.7. The van der Waals surface area contributed by atoms with Crippen LogP contribution < -0.4 is 11.1 Å². The molecule has 0 aliphatic carbocycles. The zero-order valence-electron chi connectivity index (χ0n) is 11.5. The third kappa shape index (κ3) is 3.21. The number of nitrogens with one attached hydrogen (secondary N) is 1. The van der Waals surface area contributed by atoms with E-state index in [-0.39, 0.29) is 0 Å². The van der Waals surface area contributed by atoms with Gasteiger partial charge in [0.2, 0.25) is 0 Å². The fraction of sp³-hybridized carbons (Fsp3) is 0.250. The Labute approximate surface area is 119 Å². The normalized spacial score (nSPS) is 10.8. The van der Waals surface area contributed by atoms with Crippen molar-refractivity contribution in [1.82, 2.24) is 0 Å². The fourth-order valence-corrected chi connectivity index (χ4v) is 2.18. The quantitative estimate of drug-likeness (QED) is 0.765. The molecule has 0 atom stereocenters. The van der Waals surface area contributed by atoms with E-state index in [2.05, 4.69) is 31.3 Å². The van der Waals surface area contributed by atoms with Gasteiger partial charge in [-0.05, 0) is 48.2 Å². The molecule has 0 unspecified atom stereocenters. The second-order valence-corrected chi connectivity index (χ2v) is 5.50. The molecule has 0 spiro atoms. The van der Waals surface area contributed by atoms with E-state index < -0.39 is 0 Å². The Morgan fingerprint density at radius 1 is 1.16 bits per heavy atom. The number of anilines is 3. The van der Waals surface area contributed by atoms with Gasteiger partial charge in [-0.1, -0.05) is 37.6 Å². The highest BCUT2D eigenvalue weighted by molar-refractivity contribution is 6.35. The van der Waals surface area contributed by atoms with Crippen LogP contribution in [0.25, 0.3) is 0 Å². The first-order chi connectivity index (χ1) is 8.97. The Balaban J connectivity index is 2.33. The van der Waals surface area contributed by atoms with Gasteiger partial charge in [0.05, 0.1) is 16.4 Å². The molecule has 100 valence electrons. The monoisotopic (exact) mass is 274 g/mol. The van der Waals surface area contributed by atoms with Crippen LogP contribution in [-0.4, -0.2) is 0 Å². The first-order valence-electron chi connectivity index (χ1n) is 6.40. The van der Waals surface area contributed by atoms with Gasteiger partial charge in [-0.3, -0.25) is 0 Å². The molecule has 2 aromatic carbocycles. The smallest absolute Gasteiger partial charge is 0.0870 e. The molecule has 2 nitrogen and oxygen atoms in total. The van der Waals surface area contributed by atoms with Crippen LogP contribution in [0.1, 0.15) is 30.9 Å². The number of hydrogen-bond donors (Lipinski definition) is 2. The highest BCUT2D eigenvalue weighted by Gasteiger charge is 2.07. The summed E-state index contributed by atoms with van der Waals surface area (Å²) >= 11 is 6.23. The van der Waals surface area contributed by atoms with E-state index in [1.165, 1.54) is 5.56 Å². The summed E-state index contributed by atoms with van der Waals surface area (Å²) in [5, 5.41) is 3.91. The Bertz CT molecular complexity index is 591.